The van der Waals surface area contributed by atoms with E-state index in [1.54, 1.807) is 30.3 Å². The van der Waals surface area contributed by atoms with Gasteiger partial charge in [-0.25, -0.2) is 13.1 Å². The number of fused-ring (bicyclic) bond motifs is 1. The van der Waals surface area contributed by atoms with Crippen LogP contribution in [0, 0.1) is 6.42 Å². The van der Waals surface area contributed by atoms with Gasteiger partial charge in [-0.1, -0.05) is 34.9 Å². The van der Waals surface area contributed by atoms with Gasteiger partial charge < -0.3 is 4.90 Å². The van der Waals surface area contributed by atoms with E-state index >= 15 is 0 Å². The predicted octanol–water partition coefficient (Wildman–Crippen LogP) is 5.67. The third-order valence-electron chi connectivity index (χ3n) is 6.21. The molecule has 1 heterocycles. The fraction of sp³-hybridized carbons (Fsp3) is 0.185. The zero-order valence-corrected chi connectivity index (χ0v) is 20.7. The monoisotopic (exact) mass is 493 g/mol. The van der Waals surface area contributed by atoms with Crippen LogP contribution in [-0.2, 0) is 16.4 Å². The number of carbonyl (C=O) groups excluding carboxylic acids is 1. The van der Waals surface area contributed by atoms with Gasteiger partial charge in [0.2, 0.25) is 0 Å². The number of allylic oxidation sites excluding steroid dienone is 5. The Balaban J connectivity index is 1.67. The van der Waals surface area contributed by atoms with Crippen molar-refractivity contribution in [3.63, 3.8) is 0 Å². The first-order valence-corrected chi connectivity index (χ1v) is 12.8. The van der Waals surface area contributed by atoms with E-state index in [0.717, 1.165) is 40.9 Å². The summed E-state index contributed by atoms with van der Waals surface area (Å²) in [4.78, 5) is 15.2. The van der Waals surface area contributed by atoms with E-state index in [-0.39, 0.29) is 10.5 Å². The van der Waals surface area contributed by atoms with Crippen molar-refractivity contribution in [2.24, 2.45) is 0 Å². The van der Waals surface area contributed by atoms with Gasteiger partial charge in [-0.2, -0.15) is 12.5 Å². The minimum Gasteiger partial charge on any atom is -0.352 e. The van der Waals surface area contributed by atoms with Gasteiger partial charge in [0.25, 0.3) is 15.9 Å². The van der Waals surface area contributed by atoms with Gasteiger partial charge in [-0.05, 0) is 56.5 Å². The first-order chi connectivity index (χ1) is 16.2. The highest BCUT2D eigenvalue weighted by Gasteiger charge is 2.23. The van der Waals surface area contributed by atoms with E-state index < -0.39 is 15.9 Å². The zero-order chi connectivity index (χ0) is 24.5. The maximum atomic E-state index is 13.0. The van der Waals surface area contributed by atoms with Crippen molar-refractivity contribution in [3.8, 4) is 0 Å². The molecule has 0 saturated heterocycles. The van der Waals surface area contributed by atoms with Crippen LogP contribution in [0.1, 0.15) is 36.2 Å². The van der Waals surface area contributed by atoms with E-state index in [1.807, 2.05) is 24.6 Å². The summed E-state index contributed by atoms with van der Waals surface area (Å²) < 4.78 is 27.5. The van der Waals surface area contributed by atoms with Crippen LogP contribution >= 0.6 is 11.6 Å². The smallest absolute Gasteiger partial charge is 0.265 e. The van der Waals surface area contributed by atoms with Crippen molar-refractivity contribution in [3.05, 3.63) is 112 Å². The molecule has 1 aliphatic carbocycles. The van der Waals surface area contributed by atoms with E-state index in [1.165, 1.54) is 17.7 Å². The summed E-state index contributed by atoms with van der Waals surface area (Å²) in [5.74, 6) is -0.668. The number of carbonyl (C=O) groups is 1. The van der Waals surface area contributed by atoms with Crippen LogP contribution in [-0.4, -0.2) is 20.9 Å². The molecule has 0 radical (unpaired) electrons. The Bertz CT molecular complexity index is 1360. The molecule has 176 valence electrons. The number of hydrogen-bond donors (Lipinski definition) is 1. The molecule has 2 aliphatic rings. The third-order valence-corrected chi connectivity index (χ3v) is 7.79. The topological polar surface area (TPSA) is 66.5 Å². The Kier molecular flexibility index (Phi) is 6.73. The minimum atomic E-state index is -3.97. The molecular weight excluding hydrogens is 468 g/mol. The van der Waals surface area contributed by atoms with Crippen molar-refractivity contribution in [2.45, 2.75) is 31.6 Å². The first kappa shape index (κ1) is 23.9. The molecular formula is C27H26ClN2O3S-. The number of anilines is 1. The lowest BCUT2D eigenvalue weighted by Gasteiger charge is -2.33. The molecule has 0 atom stereocenters. The summed E-state index contributed by atoms with van der Waals surface area (Å²) in [6.07, 6.45) is 7.37. The van der Waals surface area contributed by atoms with Crippen molar-refractivity contribution < 1.29 is 13.2 Å². The van der Waals surface area contributed by atoms with Gasteiger partial charge in [0, 0.05) is 23.5 Å². The van der Waals surface area contributed by atoms with Crippen molar-refractivity contribution in [1.82, 2.24) is 4.72 Å². The third kappa shape index (κ3) is 4.98. The number of benzene rings is 2. The van der Waals surface area contributed by atoms with Crippen LogP contribution < -0.4 is 9.62 Å². The molecule has 0 unspecified atom stereocenters. The summed E-state index contributed by atoms with van der Waals surface area (Å²) in [6.45, 7) is 8.86. The predicted molar refractivity (Wildman–Crippen MR) is 137 cm³/mol. The standard InChI is InChI=1S/C27H26ClN2O3S/c1-18-9-10-21-11-12-22(27(31)29-34(32,33)25-7-5-4-6-8-25)16-26(21)30(20(18)3)17-23-13-14-24(28)15-19(23)2/h4-8,11-16H,2,9-10,17H2,1,3H3,(H,29,31)/q-1. The number of hydrogen-bond acceptors (Lipinski definition) is 4. The lowest BCUT2D eigenvalue weighted by Crippen LogP contribution is -2.31. The molecule has 34 heavy (non-hydrogen) atoms. The Morgan fingerprint density at radius 2 is 1.88 bits per heavy atom. The van der Waals surface area contributed by atoms with Crippen LogP contribution in [0.25, 0.3) is 0 Å². The molecule has 1 aliphatic heterocycles. The summed E-state index contributed by atoms with van der Waals surface area (Å²) >= 11 is 6.11. The van der Waals surface area contributed by atoms with Crippen LogP contribution in [0.4, 0.5) is 5.69 Å². The molecule has 5 nitrogen and oxygen atoms in total. The van der Waals surface area contributed by atoms with Crippen LogP contribution in [0.15, 0.2) is 99.6 Å². The molecule has 0 spiro atoms. The van der Waals surface area contributed by atoms with Crippen molar-refractivity contribution >= 4 is 33.2 Å². The van der Waals surface area contributed by atoms with Gasteiger partial charge in [0.05, 0.1) is 4.90 Å². The van der Waals surface area contributed by atoms with Crippen molar-refractivity contribution in [2.75, 3.05) is 11.4 Å². The maximum absolute atomic E-state index is 13.0. The largest absolute Gasteiger partial charge is 0.352 e. The van der Waals surface area contributed by atoms with Gasteiger partial charge in [-0.15, -0.1) is 35.4 Å². The summed E-state index contributed by atoms with van der Waals surface area (Å²) in [7, 11) is -3.97. The average molecular weight is 494 g/mol. The van der Waals surface area contributed by atoms with Crippen LogP contribution in [0.5, 0.6) is 0 Å². The molecule has 7 heteroatoms. The Hall–Kier alpha value is -3.22. The molecule has 2 aromatic carbocycles. The van der Waals surface area contributed by atoms with E-state index in [9.17, 15) is 13.2 Å². The normalized spacial score (nSPS) is 16.2. The Labute approximate surface area is 206 Å². The SMILES string of the molecule is C=C1C=C(Cl)[CH-]C=C1CN1C(C)=C(C)CCc2ccc(C(=O)NS(=O)(=O)c3ccccc3)cc21. The molecule has 0 saturated carbocycles. The van der Waals surface area contributed by atoms with Crippen molar-refractivity contribution in [1.29, 1.82) is 0 Å². The number of sulfonamides is 1. The number of amides is 1. The second kappa shape index (κ2) is 9.57. The second-order valence-corrected chi connectivity index (χ2v) is 10.6. The summed E-state index contributed by atoms with van der Waals surface area (Å²) in [6, 6.07) is 13.2. The van der Waals surface area contributed by atoms with Gasteiger partial charge in [0.1, 0.15) is 0 Å². The summed E-state index contributed by atoms with van der Waals surface area (Å²) in [5, 5.41) is 0.632. The second-order valence-electron chi connectivity index (χ2n) is 8.46. The zero-order valence-electron chi connectivity index (χ0n) is 19.1. The lowest BCUT2D eigenvalue weighted by atomic mass is 9.99. The highest BCUT2D eigenvalue weighted by Crippen LogP contribution is 2.35. The maximum Gasteiger partial charge on any atom is 0.265 e. The van der Waals surface area contributed by atoms with Crippen LogP contribution in [0.2, 0.25) is 0 Å². The average Bonchev–Trinajstić information content (AvgIpc) is 2.92. The molecule has 4 rings (SSSR count). The number of halogens is 1. The Morgan fingerprint density at radius 1 is 1.15 bits per heavy atom. The molecule has 0 bridgehead atoms. The van der Waals surface area contributed by atoms with Crippen LogP contribution in [0.3, 0.4) is 0 Å². The first-order valence-electron chi connectivity index (χ1n) is 10.9. The minimum absolute atomic E-state index is 0.0415. The summed E-state index contributed by atoms with van der Waals surface area (Å²) in [5.41, 5.74) is 6.47. The van der Waals surface area contributed by atoms with E-state index in [4.69, 9.17) is 11.6 Å². The number of nitrogens with one attached hydrogen (secondary N) is 1. The van der Waals surface area contributed by atoms with Gasteiger partial charge in [0.15, 0.2) is 0 Å². The van der Waals surface area contributed by atoms with Gasteiger partial charge >= 0.3 is 0 Å². The Morgan fingerprint density at radius 3 is 2.59 bits per heavy atom. The fourth-order valence-corrected chi connectivity index (χ4v) is 5.23. The van der Waals surface area contributed by atoms with E-state index in [2.05, 4.69) is 30.0 Å². The highest BCUT2D eigenvalue weighted by atomic mass is 35.5. The number of rotatable bonds is 5. The molecule has 2 aromatic rings. The van der Waals surface area contributed by atoms with Gasteiger partial charge in [-0.3, -0.25) is 4.79 Å². The number of aryl methyl sites for hydroxylation is 1. The highest BCUT2D eigenvalue weighted by molar-refractivity contribution is 7.90. The van der Waals surface area contributed by atoms with E-state index in [0.29, 0.717) is 11.6 Å². The molecule has 0 fully saturated rings. The molecule has 0 aromatic heterocycles. The number of nitrogens with zero attached hydrogens (tertiary/aromatic N) is 1. The quantitative estimate of drug-likeness (QED) is 0.544. The fourth-order valence-electron chi connectivity index (χ4n) is 4.04. The molecule has 1 amide bonds. The lowest BCUT2D eigenvalue weighted by molar-refractivity contribution is 0.0981. The molecule has 1 N–H and O–H groups in total.